The molecule has 0 amide bonds. The lowest BCUT2D eigenvalue weighted by molar-refractivity contribution is -0.00714. The van der Waals surface area contributed by atoms with E-state index in [9.17, 15) is 0 Å². The Morgan fingerprint density at radius 2 is 1.47 bits per heavy atom. The summed E-state index contributed by atoms with van der Waals surface area (Å²) in [6.45, 7) is 0. The van der Waals surface area contributed by atoms with Gasteiger partial charge in [0.05, 0.1) is 16.9 Å². The van der Waals surface area contributed by atoms with Crippen molar-refractivity contribution in [3.63, 3.8) is 0 Å². The first-order valence-electron chi connectivity index (χ1n) is 11.7. The number of nitrogens with zero attached hydrogens (tertiary/aromatic N) is 5. The zero-order valence-corrected chi connectivity index (χ0v) is 17.9. The number of hydrogen-bond donors (Lipinski definition) is 0. The Balaban J connectivity index is 1.37. The van der Waals surface area contributed by atoms with Crippen LogP contribution in [0.5, 0.6) is 0 Å². The molecule has 0 unspecified atom stereocenters. The summed E-state index contributed by atoms with van der Waals surface area (Å²) in [5, 5.41) is 14.0. The molecule has 0 atom stereocenters. The maximum atomic E-state index is 6.21. The molecular weight excluding hydrogens is 398 g/mol. The fourth-order valence-electron chi connectivity index (χ4n) is 6.98. The molecule has 8 rings (SSSR count). The van der Waals surface area contributed by atoms with Gasteiger partial charge in [0.1, 0.15) is 0 Å². The van der Waals surface area contributed by atoms with Crippen molar-refractivity contribution in [1.82, 2.24) is 25.0 Å². The van der Waals surface area contributed by atoms with Crippen LogP contribution in [0.2, 0.25) is 0 Å². The Bertz CT molecular complexity index is 1220. The molecule has 0 spiro atoms. The Kier molecular flexibility index (Phi) is 3.92. The number of para-hydroxylation sites is 1. The highest BCUT2D eigenvalue weighted by Crippen LogP contribution is 2.61. The van der Waals surface area contributed by atoms with Crippen LogP contribution in [0.1, 0.15) is 44.2 Å². The highest BCUT2D eigenvalue weighted by atomic mass is 16.4. The van der Waals surface area contributed by atoms with E-state index in [2.05, 4.69) is 45.6 Å². The molecule has 0 radical (unpaired) electrons. The smallest absolute Gasteiger partial charge is 0.251 e. The highest BCUT2D eigenvalue weighted by Gasteiger charge is 2.53. The normalized spacial score (nSPS) is 28.3. The number of aromatic nitrogens is 5. The van der Waals surface area contributed by atoms with Crippen molar-refractivity contribution in [2.24, 2.45) is 17.8 Å². The van der Waals surface area contributed by atoms with Crippen molar-refractivity contribution in [3.05, 3.63) is 66.7 Å². The first-order chi connectivity index (χ1) is 15.8. The largest absolute Gasteiger partial charge is 0.416 e. The van der Waals surface area contributed by atoms with E-state index in [1.54, 1.807) is 12.4 Å². The fraction of sp³-hybridized carbons (Fsp3) is 0.385. The van der Waals surface area contributed by atoms with Crippen molar-refractivity contribution in [1.29, 1.82) is 0 Å². The predicted octanol–water partition coefficient (Wildman–Crippen LogP) is 5.45. The minimum absolute atomic E-state index is 0.134. The second kappa shape index (κ2) is 6.86. The van der Waals surface area contributed by atoms with Gasteiger partial charge in [-0.3, -0.25) is 4.98 Å². The monoisotopic (exact) mass is 423 g/mol. The van der Waals surface area contributed by atoms with Crippen LogP contribution in [-0.4, -0.2) is 25.0 Å². The van der Waals surface area contributed by atoms with Crippen LogP contribution >= 0.6 is 0 Å². The Morgan fingerprint density at radius 1 is 0.812 bits per heavy atom. The van der Waals surface area contributed by atoms with Gasteiger partial charge in [0.25, 0.3) is 5.89 Å². The number of rotatable bonds is 4. The molecule has 1 aromatic carbocycles. The molecule has 0 saturated heterocycles. The molecule has 3 aromatic heterocycles. The molecule has 4 bridgehead atoms. The lowest BCUT2D eigenvalue weighted by atomic mass is 9.48. The van der Waals surface area contributed by atoms with E-state index < -0.39 is 0 Å². The van der Waals surface area contributed by atoms with Gasteiger partial charge in [-0.25, -0.2) is 4.68 Å². The summed E-state index contributed by atoms with van der Waals surface area (Å²) >= 11 is 0. The number of pyridine rings is 1. The van der Waals surface area contributed by atoms with Crippen LogP contribution < -0.4 is 0 Å². The van der Waals surface area contributed by atoms with Gasteiger partial charge in [-0.15, -0.1) is 10.2 Å². The van der Waals surface area contributed by atoms with Gasteiger partial charge in [0.2, 0.25) is 5.89 Å². The molecule has 4 saturated carbocycles. The van der Waals surface area contributed by atoms with Gasteiger partial charge >= 0.3 is 0 Å². The fourth-order valence-corrected chi connectivity index (χ4v) is 6.98. The summed E-state index contributed by atoms with van der Waals surface area (Å²) in [5.41, 5.74) is 4.22. The molecule has 6 nitrogen and oxygen atoms in total. The third kappa shape index (κ3) is 2.85. The van der Waals surface area contributed by atoms with Crippen LogP contribution in [-0.2, 0) is 5.41 Å². The third-order valence-electron chi connectivity index (χ3n) is 7.86. The van der Waals surface area contributed by atoms with Crippen molar-refractivity contribution in [3.8, 4) is 28.6 Å². The molecule has 4 aliphatic carbocycles. The van der Waals surface area contributed by atoms with Crippen LogP contribution in [0.25, 0.3) is 28.6 Å². The second-order valence-corrected chi connectivity index (χ2v) is 10.0. The molecular formula is C26H25N5O. The summed E-state index contributed by atoms with van der Waals surface area (Å²) in [5.74, 6) is 3.60. The molecule has 4 fully saturated rings. The van der Waals surface area contributed by atoms with Crippen molar-refractivity contribution >= 4 is 0 Å². The van der Waals surface area contributed by atoms with E-state index in [4.69, 9.17) is 9.52 Å². The zero-order valence-electron chi connectivity index (χ0n) is 17.9. The van der Waals surface area contributed by atoms with Gasteiger partial charge in [0.15, 0.2) is 0 Å². The summed E-state index contributed by atoms with van der Waals surface area (Å²) in [4.78, 5) is 4.09. The lowest BCUT2D eigenvalue weighted by Crippen LogP contribution is -2.49. The van der Waals surface area contributed by atoms with Gasteiger partial charge in [-0.1, -0.05) is 18.2 Å². The van der Waals surface area contributed by atoms with Gasteiger partial charge in [-0.05, 0) is 80.5 Å². The molecule has 4 aliphatic rings. The Labute approximate surface area is 186 Å². The van der Waals surface area contributed by atoms with E-state index in [-0.39, 0.29) is 5.41 Å². The molecule has 0 aliphatic heterocycles. The summed E-state index contributed by atoms with van der Waals surface area (Å²) < 4.78 is 8.21. The standard InChI is InChI=1S/C26H25N5O/c1-2-4-21(5-3-1)31-16-22(25-29-28-24(32-25)20-6-8-27-9-7-20)23(30-31)26-13-17-10-18(14-26)12-19(11-17)15-26/h1-9,16-19H,10-15H2. The summed E-state index contributed by atoms with van der Waals surface area (Å²) in [6.07, 6.45) is 13.5. The average Bonchev–Trinajstić information content (AvgIpc) is 3.48. The van der Waals surface area contributed by atoms with Crippen LogP contribution in [0.15, 0.2) is 65.5 Å². The summed E-state index contributed by atoms with van der Waals surface area (Å²) in [6, 6.07) is 14.1. The first kappa shape index (κ1) is 18.3. The van der Waals surface area contributed by atoms with Crippen LogP contribution in [0, 0.1) is 17.8 Å². The molecule has 3 heterocycles. The molecule has 6 heteroatoms. The van der Waals surface area contributed by atoms with Crippen molar-refractivity contribution in [2.75, 3.05) is 0 Å². The van der Waals surface area contributed by atoms with Crippen LogP contribution in [0.3, 0.4) is 0 Å². The van der Waals surface area contributed by atoms with Crippen molar-refractivity contribution in [2.45, 2.75) is 43.9 Å². The third-order valence-corrected chi connectivity index (χ3v) is 7.86. The molecule has 160 valence electrons. The van der Waals surface area contributed by atoms with E-state index in [1.165, 1.54) is 38.5 Å². The van der Waals surface area contributed by atoms with E-state index >= 15 is 0 Å². The van der Waals surface area contributed by atoms with Gasteiger partial charge in [-0.2, -0.15) is 5.10 Å². The molecule has 32 heavy (non-hydrogen) atoms. The average molecular weight is 424 g/mol. The molecule has 0 N–H and O–H groups in total. The minimum atomic E-state index is 0.134. The first-order valence-corrected chi connectivity index (χ1v) is 11.7. The zero-order chi connectivity index (χ0) is 21.1. The lowest BCUT2D eigenvalue weighted by Gasteiger charge is -2.56. The minimum Gasteiger partial charge on any atom is -0.416 e. The van der Waals surface area contributed by atoms with Gasteiger partial charge in [0, 0.05) is 29.6 Å². The van der Waals surface area contributed by atoms with E-state index in [0.29, 0.717) is 11.8 Å². The Morgan fingerprint density at radius 3 is 2.16 bits per heavy atom. The quantitative estimate of drug-likeness (QED) is 0.436. The number of hydrogen-bond acceptors (Lipinski definition) is 5. The molecule has 4 aromatic rings. The SMILES string of the molecule is c1ccc(-n2cc(-c3nnc(-c4ccncc4)o3)c(C34CC5CC(CC(C5)C3)C4)n2)cc1. The van der Waals surface area contributed by atoms with Gasteiger partial charge < -0.3 is 4.42 Å². The predicted molar refractivity (Wildman–Crippen MR) is 120 cm³/mol. The topological polar surface area (TPSA) is 69.6 Å². The maximum Gasteiger partial charge on any atom is 0.251 e. The van der Waals surface area contributed by atoms with E-state index in [1.807, 2.05) is 22.9 Å². The van der Waals surface area contributed by atoms with Crippen LogP contribution in [0.4, 0.5) is 0 Å². The number of benzene rings is 1. The second-order valence-electron chi connectivity index (χ2n) is 10.0. The van der Waals surface area contributed by atoms with E-state index in [0.717, 1.165) is 40.3 Å². The maximum absolute atomic E-state index is 6.21. The van der Waals surface area contributed by atoms with Crippen molar-refractivity contribution < 1.29 is 4.42 Å². The highest BCUT2D eigenvalue weighted by molar-refractivity contribution is 5.61. The Hall–Kier alpha value is -3.28. The summed E-state index contributed by atoms with van der Waals surface area (Å²) in [7, 11) is 0.